The number of hydrogen-bond donors (Lipinski definition) is 2. The van der Waals surface area contributed by atoms with Crippen molar-refractivity contribution in [3.05, 3.63) is 26.6 Å². The van der Waals surface area contributed by atoms with Gasteiger partial charge in [-0.15, -0.1) is 0 Å². The Labute approximate surface area is 132 Å². The minimum atomic E-state index is 0.290. The van der Waals surface area contributed by atoms with E-state index in [0.29, 0.717) is 13.2 Å². The van der Waals surface area contributed by atoms with Crippen LogP contribution < -0.4 is 10.1 Å². The largest absolute Gasteiger partial charge is 0.492 e. The highest BCUT2D eigenvalue weighted by atomic mass is 79.9. The maximum Gasteiger partial charge on any atom is 0.147 e. The monoisotopic (exact) mass is 393 g/mol. The number of aliphatic hydroxyl groups is 1. The summed E-state index contributed by atoms with van der Waals surface area (Å²) >= 11 is 7.06. The Hall–Kier alpha value is -0.100. The number of aliphatic hydroxyl groups excluding tert-OH is 1. The maximum atomic E-state index is 8.69. The molecule has 0 aliphatic heterocycles. The van der Waals surface area contributed by atoms with E-state index in [1.165, 1.54) is 5.56 Å². The van der Waals surface area contributed by atoms with E-state index >= 15 is 0 Å². The lowest BCUT2D eigenvalue weighted by atomic mass is 10.2. The highest BCUT2D eigenvalue weighted by Gasteiger charge is 2.08. The molecule has 1 rings (SSSR count). The molecule has 1 aromatic rings. The molecule has 0 saturated heterocycles. The van der Waals surface area contributed by atoms with Crippen LogP contribution in [0, 0.1) is 0 Å². The van der Waals surface area contributed by atoms with Crippen LogP contribution in [0.2, 0.25) is 0 Å². The summed E-state index contributed by atoms with van der Waals surface area (Å²) in [6.45, 7) is 4.73. The molecule has 19 heavy (non-hydrogen) atoms. The van der Waals surface area contributed by atoms with Crippen molar-refractivity contribution in [1.82, 2.24) is 5.32 Å². The first kappa shape index (κ1) is 17.0. The zero-order valence-electron chi connectivity index (χ0n) is 11.2. The summed E-state index contributed by atoms with van der Waals surface area (Å²) < 4.78 is 7.50. The Bertz CT molecular complexity index is 363. The first-order chi connectivity index (χ1) is 9.19. The molecule has 0 spiro atoms. The van der Waals surface area contributed by atoms with Crippen LogP contribution in [0.25, 0.3) is 0 Å². The highest BCUT2D eigenvalue weighted by molar-refractivity contribution is 9.11. The number of hydrogen-bond acceptors (Lipinski definition) is 3. The molecule has 0 atom stereocenters. The van der Waals surface area contributed by atoms with Crippen molar-refractivity contribution in [2.45, 2.75) is 32.7 Å². The fourth-order valence-electron chi connectivity index (χ4n) is 1.77. The Morgan fingerprint density at radius 3 is 2.42 bits per heavy atom. The molecule has 0 bridgehead atoms. The molecule has 2 N–H and O–H groups in total. The number of unbranched alkanes of at least 4 members (excludes halogenated alkanes) is 2. The molecule has 0 fully saturated rings. The van der Waals surface area contributed by atoms with Gasteiger partial charge in [0.15, 0.2) is 0 Å². The van der Waals surface area contributed by atoms with Gasteiger partial charge >= 0.3 is 0 Å². The fraction of sp³-hybridized carbons (Fsp3) is 0.571. The predicted octanol–water partition coefficient (Wildman–Crippen LogP) is 3.86. The van der Waals surface area contributed by atoms with Gasteiger partial charge in [0.05, 0.1) is 15.6 Å². The average Bonchev–Trinajstić information content (AvgIpc) is 2.38. The van der Waals surface area contributed by atoms with E-state index in [4.69, 9.17) is 9.84 Å². The molecule has 0 heterocycles. The predicted molar refractivity (Wildman–Crippen MR) is 85.7 cm³/mol. The summed E-state index contributed by atoms with van der Waals surface area (Å²) in [6, 6.07) is 4.16. The Balaban J connectivity index is 2.42. The van der Waals surface area contributed by atoms with Gasteiger partial charge in [0.2, 0.25) is 0 Å². The zero-order chi connectivity index (χ0) is 14.1. The Morgan fingerprint density at radius 1 is 1.16 bits per heavy atom. The summed E-state index contributed by atoms with van der Waals surface area (Å²) in [5, 5.41) is 12.1. The van der Waals surface area contributed by atoms with Crippen LogP contribution in [-0.4, -0.2) is 24.9 Å². The zero-order valence-corrected chi connectivity index (χ0v) is 14.4. The lowest BCUT2D eigenvalue weighted by Crippen LogP contribution is -2.14. The first-order valence-electron chi connectivity index (χ1n) is 6.61. The number of benzene rings is 1. The molecule has 0 radical (unpaired) electrons. The van der Waals surface area contributed by atoms with Crippen molar-refractivity contribution in [2.75, 3.05) is 19.8 Å². The molecule has 1 aromatic carbocycles. The molecule has 5 heteroatoms. The Morgan fingerprint density at radius 2 is 1.84 bits per heavy atom. The summed E-state index contributed by atoms with van der Waals surface area (Å²) in [6.07, 6.45) is 3.06. The lowest BCUT2D eigenvalue weighted by molar-refractivity contribution is 0.283. The molecule has 108 valence electrons. The van der Waals surface area contributed by atoms with Crippen molar-refractivity contribution in [2.24, 2.45) is 0 Å². The van der Waals surface area contributed by atoms with Gasteiger partial charge < -0.3 is 15.2 Å². The van der Waals surface area contributed by atoms with E-state index in [9.17, 15) is 0 Å². The van der Waals surface area contributed by atoms with Crippen molar-refractivity contribution in [1.29, 1.82) is 0 Å². The van der Waals surface area contributed by atoms with Crippen molar-refractivity contribution in [3.8, 4) is 5.75 Å². The summed E-state index contributed by atoms with van der Waals surface area (Å²) in [5.41, 5.74) is 1.21. The van der Waals surface area contributed by atoms with Gasteiger partial charge in [-0.05, 0) is 82.3 Å². The van der Waals surface area contributed by atoms with Gasteiger partial charge in [-0.2, -0.15) is 0 Å². The molecule has 0 amide bonds. The Kier molecular flexibility index (Phi) is 8.70. The summed E-state index contributed by atoms with van der Waals surface area (Å²) in [4.78, 5) is 0. The van der Waals surface area contributed by atoms with Gasteiger partial charge in [0.25, 0.3) is 0 Å². The van der Waals surface area contributed by atoms with E-state index in [-0.39, 0.29) is 0 Å². The van der Waals surface area contributed by atoms with Crippen molar-refractivity contribution >= 4 is 31.9 Å². The maximum absolute atomic E-state index is 8.69. The van der Waals surface area contributed by atoms with Crippen molar-refractivity contribution < 1.29 is 9.84 Å². The second-order valence-electron chi connectivity index (χ2n) is 4.28. The van der Waals surface area contributed by atoms with Crippen LogP contribution in [0.3, 0.4) is 0 Å². The molecule has 0 aromatic heterocycles. The standard InChI is InChI=1S/C14H21Br2NO2/c1-2-19-14-12(15)8-11(9-13(14)16)10-17-6-4-3-5-7-18/h8-9,17-18H,2-7,10H2,1H3. The van der Waals surface area contributed by atoms with Gasteiger partial charge in [-0.25, -0.2) is 0 Å². The number of ether oxygens (including phenoxy) is 1. The van der Waals surface area contributed by atoms with E-state index in [2.05, 4.69) is 49.3 Å². The van der Waals surface area contributed by atoms with Crippen LogP contribution in [0.5, 0.6) is 5.75 Å². The van der Waals surface area contributed by atoms with Gasteiger partial charge in [-0.3, -0.25) is 0 Å². The van der Waals surface area contributed by atoms with Crippen LogP contribution in [0.1, 0.15) is 31.7 Å². The summed E-state index contributed by atoms with van der Waals surface area (Å²) in [5.74, 6) is 0.856. The van der Waals surface area contributed by atoms with Crippen LogP contribution in [-0.2, 0) is 6.54 Å². The number of nitrogens with one attached hydrogen (secondary N) is 1. The number of rotatable bonds is 9. The van der Waals surface area contributed by atoms with E-state index in [1.54, 1.807) is 0 Å². The third-order valence-electron chi connectivity index (χ3n) is 2.69. The van der Waals surface area contributed by atoms with Crippen molar-refractivity contribution in [3.63, 3.8) is 0 Å². The fourth-order valence-corrected chi connectivity index (χ4v) is 3.28. The molecular formula is C14H21Br2NO2. The van der Waals surface area contributed by atoms with E-state index < -0.39 is 0 Å². The van der Waals surface area contributed by atoms with Gasteiger partial charge in [-0.1, -0.05) is 0 Å². The minimum Gasteiger partial charge on any atom is -0.492 e. The molecule has 0 saturated carbocycles. The molecule has 0 aliphatic rings. The normalized spacial score (nSPS) is 10.7. The smallest absolute Gasteiger partial charge is 0.147 e. The number of halogens is 2. The SMILES string of the molecule is CCOc1c(Br)cc(CNCCCCCO)cc1Br. The quantitative estimate of drug-likeness (QED) is 0.624. The minimum absolute atomic E-state index is 0.290. The molecule has 0 aliphatic carbocycles. The molecular weight excluding hydrogens is 374 g/mol. The molecule has 3 nitrogen and oxygen atoms in total. The van der Waals surface area contributed by atoms with Crippen LogP contribution >= 0.6 is 31.9 Å². The first-order valence-corrected chi connectivity index (χ1v) is 8.20. The van der Waals surface area contributed by atoms with Crippen LogP contribution in [0.4, 0.5) is 0 Å². The van der Waals surface area contributed by atoms with E-state index in [1.807, 2.05) is 6.92 Å². The van der Waals surface area contributed by atoms with E-state index in [0.717, 1.165) is 47.0 Å². The lowest BCUT2D eigenvalue weighted by Gasteiger charge is -2.11. The topological polar surface area (TPSA) is 41.5 Å². The third kappa shape index (κ3) is 6.25. The van der Waals surface area contributed by atoms with Crippen LogP contribution in [0.15, 0.2) is 21.1 Å². The van der Waals surface area contributed by atoms with Gasteiger partial charge in [0, 0.05) is 13.2 Å². The highest BCUT2D eigenvalue weighted by Crippen LogP contribution is 2.34. The second-order valence-corrected chi connectivity index (χ2v) is 5.99. The third-order valence-corrected chi connectivity index (χ3v) is 3.87. The second kappa shape index (κ2) is 9.75. The van der Waals surface area contributed by atoms with Gasteiger partial charge in [0.1, 0.15) is 5.75 Å². The molecule has 0 unspecified atom stereocenters. The summed E-state index contributed by atoms with van der Waals surface area (Å²) in [7, 11) is 0. The average molecular weight is 395 g/mol.